The standard InChI is InChI=1S/C9H21NO/c1-6-9(4,10)7-8(2,3)11-5/h6-7,10H2,1-5H3. The number of hydrogen-bond donors (Lipinski definition) is 1. The van der Waals surface area contributed by atoms with Gasteiger partial charge in [-0.25, -0.2) is 0 Å². The number of hydrogen-bond acceptors (Lipinski definition) is 2. The van der Waals surface area contributed by atoms with Crippen LogP contribution in [0, 0.1) is 0 Å². The van der Waals surface area contributed by atoms with E-state index in [4.69, 9.17) is 10.5 Å². The van der Waals surface area contributed by atoms with Gasteiger partial charge < -0.3 is 10.5 Å². The van der Waals surface area contributed by atoms with Crippen LogP contribution in [0.3, 0.4) is 0 Å². The highest BCUT2D eigenvalue weighted by atomic mass is 16.5. The van der Waals surface area contributed by atoms with Gasteiger partial charge in [-0.15, -0.1) is 0 Å². The van der Waals surface area contributed by atoms with Crippen molar-refractivity contribution in [1.29, 1.82) is 0 Å². The summed E-state index contributed by atoms with van der Waals surface area (Å²) in [4.78, 5) is 0. The Labute approximate surface area is 70.1 Å². The fraction of sp³-hybridized carbons (Fsp3) is 1.00. The van der Waals surface area contributed by atoms with Crippen molar-refractivity contribution in [3.63, 3.8) is 0 Å². The first kappa shape index (κ1) is 10.9. The Morgan fingerprint density at radius 1 is 1.27 bits per heavy atom. The zero-order valence-electron chi connectivity index (χ0n) is 8.40. The zero-order chi connectivity index (χ0) is 9.12. The van der Waals surface area contributed by atoms with Crippen LogP contribution in [0.2, 0.25) is 0 Å². The maximum absolute atomic E-state index is 6.00. The molecule has 68 valence electrons. The summed E-state index contributed by atoms with van der Waals surface area (Å²) in [6.07, 6.45) is 1.88. The molecule has 0 amide bonds. The van der Waals surface area contributed by atoms with Crippen molar-refractivity contribution in [3.05, 3.63) is 0 Å². The predicted octanol–water partition coefficient (Wildman–Crippen LogP) is 1.93. The molecule has 0 saturated carbocycles. The Bertz CT molecular complexity index is 105. The second-order valence-electron chi connectivity index (χ2n) is 4.15. The van der Waals surface area contributed by atoms with E-state index in [1.165, 1.54) is 0 Å². The molecule has 0 aromatic rings. The molecule has 0 rings (SSSR count). The molecule has 0 heterocycles. The van der Waals surface area contributed by atoms with Crippen LogP contribution in [-0.4, -0.2) is 18.2 Å². The third-order valence-electron chi connectivity index (χ3n) is 2.19. The maximum atomic E-state index is 6.00. The number of methoxy groups -OCH3 is 1. The van der Waals surface area contributed by atoms with Gasteiger partial charge in [-0.05, 0) is 33.6 Å². The molecule has 1 atom stereocenters. The van der Waals surface area contributed by atoms with Gasteiger partial charge in [0.2, 0.25) is 0 Å². The molecule has 2 heteroatoms. The molecule has 0 saturated heterocycles. The number of ether oxygens (including phenoxy) is 1. The van der Waals surface area contributed by atoms with E-state index in [0.29, 0.717) is 0 Å². The average Bonchev–Trinajstić information content (AvgIpc) is 1.86. The van der Waals surface area contributed by atoms with Gasteiger partial charge in [-0.1, -0.05) is 6.92 Å². The molecular weight excluding hydrogens is 138 g/mol. The van der Waals surface area contributed by atoms with Gasteiger partial charge in [0.15, 0.2) is 0 Å². The molecule has 11 heavy (non-hydrogen) atoms. The van der Waals surface area contributed by atoms with E-state index in [1.807, 2.05) is 0 Å². The van der Waals surface area contributed by atoms with Gasteiger partial charge in [0.25, 0.3) is 0 Å². The summed E-state index contributed by atoms with van der Waals surface area (Å²) < 4.78 is 5.30. The van der Waals surface area contributed by atoms with E-state index in [2.05, 4.69) is 27.7 Å². The Morgan fingerprint density at radius 2 is 1.73 bits per heavy atom. The SMILES string of the molecule is CCC(C)(N)CC(C)(C)OC. The van der Waals surface area contributed by atoms with Crippen LogP contribution in [0.1, 0.15) is 40.5 Å². The topological polar surface area (TPSA) is 35.2 Å². The van der Waals surface area contributed by atoms with Crippen LogP contribution in [0.4, 0.5) is 0 Å². The van der Waals surface area contributed by atoms with Crippen molar-refractivity contribution in [2.45, 2.75) is 51.7 Å². The molecular formula is C9H21NO. The summed E-state index contributed by atoms with van der Waals surface area (Å²) in [5.74, 6) is 0. The number of nitrogens with two attached hydrogens (primary N) is 1. The third-order valence-corrected chi connectivity index (χ3v) is 2.19. The number of rotatable bonds is 4. The van der Waals surface area contributed by atoms with Gasteiger partial charge in [-0.3, -0.25) is 0 Å². The quantitative estimate of drug-likeness (QED) is 0.680. The summed E-state index contributed by atoms with van der Waals surface area (Å²) in [7, 11) is 1.73. The second kappa shape index (κ2) is 3.55. The van der Waals surface area contributed by atoms with Crippen molar-refractivity contribution in [3.8, 4) is 0 Å². The molecule has 0 aromatic carbocycles. The first-order valence-corrected chi connectivity index (χ1v) is 4.17. The lowest BCUT2D eigenvalue weighted by Gasteiger charge is -2.33. The van der Waals surface area contributed by atoms with Crippen LogP contribution < -0.4 is 5.73 Å². The van der Waals surface area contributed by atoms with E-state index in [-0.39, 0.29) is 11.1 Å². The normalized spacial score (nSPS) is 18.0. The van der Waals surface area contributed by atoms with Gasteiger partial charge >= 0.3 is 0 Å². The summed E-state index contributed by atoms with van der Waals surface area (Å²) in [6.45, 7) is 8.29. The van der Waals surface area contributed by atoms with Crippen LogP contribution >= 0.6 is 0 Å². The van der Waals surface area contributed by atoms with Crippen molar-refractivity contribution < 1.29 is 4.74 Å². The maximum Gasteiger partial charge on any atom is 0.0640 e. The minimum absolute atomic E-state index is 0.0977. The lowest BCUT2D eigenvalue weighted by atomic mass is 9.87. The van der Waals surface area contributed by atoms with Gasteiger partial charge in [0, 0.05) is 12.6 Å². The molecule has 0 aliphatic rings. The Hall–Kier alpha value is -0.0800. The van der Waals surface area contributed by atoms with Crippen LogP contribution in [0.25, 0.3) is 0 Å². The molecule has 0 fully saturated rings. The van der Waals surface area contributed by atoms with Crippen molar-refractivity contribution in [1.82, 2.24) is 0 Å². The minimum atomic E-state index is -0.0977. The largest absolute Gasteiger partial charge is 0.379 e. The Kier molecular flexibility index (Phi) is 3.52. The molecule has 2 N–H and O–H groups in total. The van der Waals surface area contributed by atoms with E-state index in [9.17, 15) is 0 Å². The second-order valence-corrected chi connectivity index (χ2v) is 4.15. The van der Waals surface area contributed by atoms with Gasteiger partial charge in [0.05, 0.1) is 5.60 Å². The van der Waals surface area contributed by atoms with Crippen LogP contribution in [0.15, 0.2) is 0 Å². The van der Waals surface area contributed by atoms with Crippen molar-refractivity contribution in [2.75, 3.05) is 7.11 Å². The van der Waals surface area contributed by atoms with E-state index in [0.717, 1.165) is 12.8 Å². The minimum Gasteiger partial charge on any atom is -0.379 e. The monoisotopic (exact) mass is 159 g/mol. The van der Waals surface area contributed by atoms with E-state index in [1.54, 1.807) is 7.11 Å². The highest BCUT2D eigenvalue weighted by Crippen LogP contribution is 2.22. The average molecular weight is 159 g/mol. The lowest BCUT2D eigenvalue weighted by Crippen LogP contribution is -2.43. The predicted molar refractivity (Wildman–Crippen MR) is 48.6 cm³/mol. The van der Waals surface area contributed by atoms with Gasteiger partial charge in [0.1, 0.15) is 0 Å². The first-order chi connectivity index (χ1) is 4.83. The fourth-order valence-electron chi connectivity index (χ4n) is 1.17. The molecule has 0 aromatic heterocycles. The fourth-order valence-corrected chi connectivity index (χ4v) is 1.17. The Balaban J connectivity index is 4.02. The van der Waals surface area contributed by atoms with Crippen LogP contribution in [-0.2, 0) is 4.74 Å². The summed E-state index contributed by atoms with van der Waals surface area (Å²) in [5, 5.41) is 0. The Morgan fingerprint density at radius 3 is 2.00 bits per heavy atom. The smallest absolute Gasteiger partial charge is 0.0640 e. The molecule has 2 nitrogen and oxygen atoms in total. The molecule has 0 radical (unpaired) electrons. The molecule has 1 unspecified atom stereocenters. The zero-order valence-corrected chi connectivity index (χ0v) is 8.40. The van der Waals surface area contributed by atoms with E-state index < -0.39 is 0 Å². The molecule has 0 aliphatic heterocycles. The van der Waals surface area contributed by atoms with Crippen LogP contribution in [0.5, 0.6) is 0 Å². The lowest BCUT2D eigenvalue weighted by molar-refractivity contribution is -0.00125. The molecule has 0 spiro atoms. The van der Waals surface area contributed by atoms with Crippen molar-refractivity contribution in [2.24, 2.45) is 5.73 Å². The molecule has 0 aliphatic carbocycles. The summed E-state index contributed by atoms with van der Waals surface area (Å²) in [5.41, 5.74) is 5.80. The molecule has 0 bridgehead atoms. The highest BCUT2D eigenvalue weighted by molar-refractivity contribution is 4.85. The summed E-state index contributed by atoms with van der Waals surface area (Å²) in [6, 6.07) is 0. The first-order valence-electron chi connectivity index (χ1n) is 4.17. The van der Waals surface area contributed by atoms with Crippen molar-refractivity contribution >= 4 is 0 Å². The third kappa shape index (κ3) is 4.38. The summed E-state index contributed by atoms with van der Waals surface area (Å²) >= 11 is 0. The highest BCUT2D eigenvalue weighted by Gasteiger charge is 2.27. The van der Waals surface area contributed by atoms with E-state index >= 15 is 0 Å². The van der Waals surface area contributed by atoms with Gasteiger partial charge in [-0.2, -0.15) is 0 Å².